The zero-order chi connectivity index (χ0) is 9.42. The molecule has 13 heavy (non-hydrogen) atoms. The fourth-order valence-corrected chi connectivity index (χ4v) is 2.85. The second-order valence-electron chi connectivity index (χ2n) is 4.10. The summed E-state index contributed by atoms with van der Waals surface area (Å²) in [7, 11) is 1.98. The molecule has 2 N–H and O–H groups in total. The second-order valence-corrected chi connectivity index (χ2v) is 4.10. The van der Waals surface area contributed by atoms with Crippen molar-refractivity contribution in [3.05, 3.63) is 0 Å². The molecule has 1 aliphatic carbocycles. The van der Waals surface area contributed by atoms with Crippen molar-refractivity contribution < 1.29 is 9.90 Å². The quantitative estimate of drug-likeness (QED) is 0.627. The Kier molecular flexibility index (Phi) is 2.15. The molecule has 1 saturated heterocycles. The topological polar surface area (TPSA) is 52.6 Å². The fourth-order valence-electron chi connectivity index (χ4n) is 2.85. The van der Waals surface area contributed by atoms with Crippen LogP contribution in [0.15, 0.2) is 0 Å². The maximum absolute atomic E-state index is 10.8. The van der Waals surface area contributed by atoms with Gasteiger partial charge >= 0.3 is 6.09 Å². The zero-order valence-corrected chi connectivity index (χ0v) is 7.86. The molecular formula is C9H16N2O2. The molecule has 2 aliphatic rings. The highest BCUT2D eigenvalue weighted by Crippen LogP contribution is 2.36. The highest BCUT2D eigenvalue weighted by Gasteiger charge is 2.42. The van der Waals surface area contributed by atoms with E-state index in [4.69, 9.17) is 5.11 Å². The lowest BCUT2D eigenvalue weighted by Gasteiger charge is -2.36. The number of nitrogens with one attached hydrogen (secondary N) is 1. The maximum Gasteiger partial charge on any atom is 0.407 e. The predicted octanol–water partition coefficient (Wildman–Crippen LogP) is 0.594. The van der Waals surface area contributed by atoms with Gasteiger partial charge in [0.1, 0.15) is 0 Å². The molecule has 0 aromatic rings. The van der Waals surface area contributed by atoms with Gasteiger partial charge in [0.2, 0.25) is 0 Å². The number of likely N-dealkylation sites (tertiary alicyclic amines) is 1. The highest BCUT2D eigenvalue weighted by atomic mass is 16.4. The number of amides is 1. The SMILES string of the molecule is CN[C@H]1[C@@H]2CC[C@H]1CN(C(=O)O)C2. The predicted molar refractivity (Wildman–Crippen MR) is 48.7 cm³/mol. The van der Waals surface area contributed by atoms with Gasteiger partial charge in [-0.2, -0.15) is 0 Å². The molecule has 2 rings (SSSR count). The molecule has 1 heterocycles. The van der Waals surface area contributed by atoms with Crippen LogP contribution in [0.1, 0.15) is 12.8 Å². The Morgan fingerprint density at radius 3 is 2.31 bits per heavy atom. The van der Waals surface area contributed by atoms with Crippen molar-refractivity contribution in [2.45, 2.75) is 18.9 Å². The van der Waals surface area contributed by atoms with Gasteiger partial charge in [-0.3, -0.25) is 0 Å². The molecule has 2 fully saturated rings. The Hall–Kier alpha value is -0.770. The molecule has 0 radical (unpaired) electrons. The minimum Gasteiger partial charge on any atom is -0.465 e. The van der Waals surface area contributed by atoms with Crippen molar-refractivity contribution in [2.75, 3.05) is 20.1 Å². The van der Waals surface area contributed by atoms with E-state index < -0.39 is 6.09 Å². The average Bonchev–Trinajstić information content (AvgIpc) is 2.34. The molecule has 74 valence electrons. The maximum atomic E-state index is 10.8. The Morgan fingerprint density at radius 2 is 1.92 bits per heavy atom. The average molecular weight is 184 g/mol. The van der Waals surface area contributed by atoms with Crippen LogP contribution in [-0.4, -0.2) is 42.3 Å². The van der Waals surface area contributed by atoms with Crippen LogP contribution in [0.5, 0.6) is 0 Å². The van der Waals surface area contributed by atoms with Gasteiger partial charge < -0.3 is 15.3 Å². The first-order valence-corrected chi connectivity index (χ1v) is 4.87. The van der Waals surface area contributed by atoms with Crippen molar-refractivity contribution in [3.63, 3.8) is 0 Å². The van der Waals surface area contributed by atoms with Crippen LogP contribution in [0.4, 0.5) is 4.79 Å². The first-order chi connectivity index (χ1) is 6.22. The van der Waals surface area contributed by atoms with E-state index in [2.05, 4.69) is 5.32 Å². The zero-order valence-electron chi connectivity index (χ0n) is 7.86. The molecule has 1 saturated carbocycles. The number of rotatable bonds is 1. The Balaban J connectivity index is 2.06. The third-order valence-electron chi connectivity index (χ3n) is 3.44. The molecule has 4 nitrogen and oxygen atoms in total. The van der Waals surface area contributed by atoms with Crippen LogP contribution in [0.3, 0.4) is 0 Å². The van der Waals surface area contributed by atoms with Gasteiger partial charge in [-0.25, -0.2) is 4.79 Å². The van der Waals surface area contributed by atoms with Crippen LogP contribution in [0.25, 0.3) is 0 Å². The van der Waals surface area contributed by atoms with E-state index in [0.717, 1.165) is 13.1 Å². The van der Waals surface area contributed by atoms with Gasteiger partial charge in [-0.15, -0.1) is 0 Å². The summed E-state index contributed by atoms with van der Waals surface area (Å²) in [5, 5.41) is 12.2. The van der Waals surface area contributed by atoms with E-state index in [-0.39, 0.29) is 0 Å². The van der Waals surface area contributed by atoms with E-state index in [0.29, 0.717) is 17.9 Å². The lowest BCUT2D eigenvalue weighted by Crippen LogP contribution is -2.51. The van der Waals surface area contributed by atoms with Crippen LogP contribution >= 0.6 is 0 Å². The fraction of sp³-hybridized carbons (Fsp3) is 0.889. The smallest absolute Gasteiger partial charge is 0.407 e. The summed E-state index contributed by atoms with van der Waals surface area (Å²) in [6.45, 7) is 1.44. The molecule has 2 bridgehead atoms. The third kappa shape index (κ3) is 1.39. The van der Waals surface area contributed by atoms with Gasteiger partial charge in [0.25, 0.3) is 0 Å². The molecule has 0 aromatic heterocycles. The summed E-state index contributed by atoms with van der Waals surface area (Å²) in [6.07, 6.45) is 1.60. The molecule has 4 heteroatoms. The lowest BCUT2D eigenvalue weighted by molar-refractivity contribution is 0.103. The van der Waals surface area contributed by atoms with Crippen LogP contribution in [-0.2, 0) is 0 Å². The van der Waals surface area contributed by atoms with Crippen molar-refractivity contribution in [1.29, 1.82) is 0 Å². The van der Waals surface area contributed by atoms with E-state index >= 15 is 0 Å². The summed E-state index contributed by atoms with van der Waals surface area (Å²) >= 11 is 0. The minimum atomic E-state index is -0.758. The van der Waals surface area contributed by atoms with E-state index in [1.165, 1.54) is 12.8 Å². The van der Waals surface area contributed by atoms with Gasteiger partial charge in [-0.1, -0.05) is 0 Å². The number of fused-ring (bicyclic) bond motifs is 2. The van der Waals surface area contributed by atoms with Gasteiger partial charge in [0, 0.05) is 19.1 Å². The second kappa shape index (κ2) is 3.18. The van der Waals surface area contributed by atoms with E-state index in [1.54, 1.807) is 4.90 Å². The van der Waals surface area contributed by atoms with Crippen molar-refractivity contribution in [1.82, 2.24) is 10.2 Å². The summed E-state index contributed by atoms with van der Waals surface area (Å²) in [6, 6.07) is 0.551. The molecule has 0 unspecified atom stereocenters. The minimum absolute atomic E-state index is 0.542. The third-order valence-corrected chi connectivity index (χ3v) is 3.44. The molecule has 3 atom stereocenters. The monoisotopic (exact) mass is 184 g/mol. The van der Waals surface area contributed by atoms with E-state index in [1.807, 2.05) is 7.05 Å². The Bertz CT molecular complexity index is 206. The summed E-state index contributed by atoms with van der Waals surface area (Å²) < 4.78 is 0. The highest BCUT2D eigenvalue weighted by molar-refractivity contribution is 5.65. The number of carboxylic acid groups (broad SMARTS) is 1. The molecular weight excluding hydrogens is 168 g/mol. The van der Waals surface area contributed by atoms with Crippen molar-refractivity contribution in [3.8, 4) is 0 Å². The molecule has 0 spiro atoms. The Morgan fingerprint density at radius 1 is 1.38 bits per heavy atom. The number of hydrogen-bond acceptors (Lipinski definition) is 2. The largest absolute Gasteiger partial charge is 0.465 e. The van der Waals surface area contributed by atoms with Crippen molar-refractivity contribution >= 4 is 6.09 Å². The number of carbonyl (C=O) groups is 1. The number of nitrogens with zero attached hydrogens (tertiary/aromatic N) is 1. The summed E-state index contributed by atoms with van der Waals surface area (Å²) in [4.78, 5) is 12.3. The number of piperidine rings is 1. The van der Waals surface area contributed by atoms with E-state index in [9.17, 15) is 4.79 Å². The van der Waals surface area contributed by atoms with Gasteiger partial charge in [0.05, 0.1) is 0 Å². The molecule has 1 amide bonds. The molecule has 0 aromatic carbocycles. The first-order valence-electron chi connectivity index (χ1n) is 4.87. The normalized spacial score (nSPS) is 37.9. The van der Waals surface area contributed by atoms with Crippen LogP contribution in [0.2, 0.25) is 0 Å². The molecule has 1 aliphatic heterocycles. The van der Waals surface area contributed by atoms with Crippen LogP contribution < -0.4 is 5.32 Å². The Labute approximate surface area is 77.9 Å². The summed E-state index contributed by atoms with van der Waals surface area (Å²) in [5.74, 6) is 1.08. The standard InChI is InChI=1S/C9H16N2O2/c1-10-8-6-2-3-7(8)5-11(4-6)9(12)13/h6-8,10H,2-5H2,1H3,(H,12,13)/t6-,7+,8+. The number of hydrogen-bond donors (Lipinski definition) is 2. The van der Waals surface area contributed by atoms with Gasteiger partial charge in [0.15, 0.2) is 0 Å². The van der Waals surface area contributed by atoms with Gasteiger partial charge in [-0.05, 0) is 31.7 Å². The first kappa shape index (κ1) is 8.81. The lowest BCUT2D eigenvalue weighted by atomic mass is 9.93. The van der Waals surface area contributed by atoms with Crippen molar-refractivity contribution in [2.24, 2.45) is 11.8 Å². The van der Waals surface area contributed by atoms with Crippen LogP contribution in [0, 0.1) is 11.8 Å². The summed E-state index contributed by atoms with van der Waals surface area (Å²) in [5.41, 5.74) is 0.